The van der Waals surface area contributed by atoms with Crippen LogP contribution in [0.1, 0.15) is 65.2 Å². The number of hydrogen-bond donors (Lipinski definition) is 0. The molecule has 0 aliphatic carbocycles. The number of esters is 2. The number of carbonyl (C=O) groups excluding carboxylic acids is 3. The van der Waals surface area contributed by atoms with Gasteiger partial charge in [0.1, 0.15) is 0 Å². The largest absolute Gasteiger partial charge is 0.390 e. The van der Waals surface area contributed by atoms with Crippen LogP contribution in [0.15, 0.2) is 72.9 Å². The van der Waals surface area contributed by atoms with Crippen LogP contribution in [0.5, 0.6) is 0 Å². The van der Waals surface area contributed by atoms with Crippen LogP contribution in [-0.4, -0.2) is 17.7 Å². The highest BCUT2D eigenvalue weighted by molar-refractivity contribution is 5.97. The van der Waals surface area contributed by atoms with Gasteiger partial charge in [0.15, 0.2) is 5.78 Å². The molecule has 0 saturated heterocycles. The smallest absolute Gasteiger partial charge is 0.338 e. The van der Waals surface area contributed by atoms with Gasteiger partial charge in [0.05, 0.1) is 0 Å². The van der Waals surface area contributed by atoms with Crippen LogP contribution >= 0.6 is 0 Å². The first-order chi connectivity index (χ1) is 14.1. The molecule has 0 heterocycles. The fourth-order valence-electron chi connectivity index (χ4n) is 2.12. The third kappa shape index (κ3) is 21.4. The van der Waals surface area contributed by atoms with E-state index in [4.69, 9.17) is 0 Å². The Balaban J connectivity index is 3.67. The Bertz CT molecular complexity index is 646. The van der Waals surface area contributed by atoms with Gasteiger partial charge in [0.2, 0.25) is 0 Å². The molecule has 0 bridgehead atoms. The molecule has 0 amide bonds. The van der Waals surface area contributed by atoms with Gasteiger partial charge in [-0.05, 0) is 57.9 Å². The zero-order valence-electron chi connectivity index (χ0n) is 17.7. The minimum Gasteiger partial charge on any atom is -0.390 e. The first-order valence-electron chi connectivity index (χ1n) is 10.2. The van der Waals surface area contributed by atoms with Crippen molar-refractivity contribution >= 4 is 17.7 Å². The molecule has 0 N–H and O–H groups in total. The molecule has 0 aromatic rings. The van der Waals surface area contributed by atoms with Crippen LogP contribution in [0.2, 0.25) is 0 Å². The Labute approximate surface area is 175 Å². The lowest BCUT2D eigenvalue weighted by Crippen LogP contribution is -2.09. The molecule has 29 heavy (non-hydrogen) atoms. The molecule has 0 aromatic heterocycles. The highest BCUT2D eigenvalue weighted by Gasteiger charge is 2.06. The molecule has 0 radical (unpaired) electrons. The SMILES string of the molecule is CC/C=C\C/C=C\C/C=C\C/C=C\C/C=C\CCCC(=O)OC(=O)/C=C/C(C)=O. The van der Waals surface area contributed by atoms with Crippen molar-refractivity contribution in [3.63, 3.8) is 0 Å². The van der Waals surface area contributed by atoms with E-state index in [0.717, 1.165) is 50.7 Å². The fourth-order valence-corrected chi connectivity index (χ4v) is 2.12. The number of unbranched alkanes of at least 4 members (excludes halogenated alkanes) is 1. The van der Waals surface area contributed by atoms with Crippen molar-refractivity contribution in [2.75, 3.05) is 0 Å². The maximum atomic E-state index is 11.4. The Hall–Kier alpha value is -2.75. The van der Waals surface area contributed by atoms with Gasteiger partial charge in [-0.25, -0.2) is 4.79 Å². The van der Waals surface area contributed by atoms with E-state index >= 15 is 0 Å². The van der Waals surface area contributed by atoms with Crippen LogP contribution in [0.25, 0.3) is 0 Å². The van der Waals surface area contributed by atoms with Gasteiger partial charge in [-0.3, -0.25) is 9.59 Å². The van der Waals surface area contributed by atoms with Crippen molar-refractivity contribution in [1.29, 1.82) is 0 Å². The molecule has 158 valence electrons. The minimum absolute atomic E-state index is 0.175. The van der Waals surface area contributed by atoms with Crippen LogP contribution in [0.4, 0.5) is 0 Å². The summed E-state index contributed by atoms with van der Waals surface area (Å²) in [5.74, 6) is -1.65. The highest BCUT2D eigenvalue weighted by atomic mass is 16.6. The molecule has 4 nitrogen and oxygen atoms in total. The molecule has 0 aromatic carbocycles. The summed E-state index contributed by atoms with van der Waals surface area (Å²) in [4.78, 5) is 33.4. The van der Waals surface area contributed by atoms with E-state index in [1.165, 1.54) is 6.92 Å². The lowest BCUT2D eigenvalue weighted by molar-refractivity contribution is -0.156. The number of ketones is 1. The van der Waals surface area contributed by atoms with Crippen molar-refractivity contribution in [2.24, 2.45) is 0 Å². The van der Waals surface area contributed by atoms with Gasteiger partial charge < -0.3 is 4.74 Å². The average Bonchev–Trinajstić information content (AvgIpc) is 2.68. The van der Waals surface area contributed by atoms with Crippen molar-refractivity contribution in [2.45, 2.75) is 65.2 Å². The second kappa shape index (κ2) is 20.0. The first kappa shape index (κ1) is 26.2. The Morgan fingerprint density at radius 2 is 1.17 bits per heavy atom. The van der Waals surface area contributed by atoms with E-state index in [-0.39, 0.29) is 12.2 Å². The normalized spacial score (nSPS) is 12.5. The molecule has 0 fully saturated rings. The summed E-state index contributed by atoms with van der Waals surface area (Å²) in [6.45, 7) is 3.45. The standard InChI is InChI=1S/C25H34O4/c1-3-4-5-6-7-8-9-10-11-12-13-14-15-16-17-18-19-20-24(27)29-25(28)22-21-23(2)26/h4-5,7-8,10-11,13-14,16-17,21-22H,3,6,9,12,15,18-20H2,1-2H3/b5-4-,8-7-,11-10-,14-13-,17-16-,22-21+. The molecule has 0 spiro atoms. The lowest BCUT2D eigenvalue weighted by atomic mass is 10.2. The number of ether oxygens (including phenoxy) is 1. The number of allylic oxidation sites excluding steroid dienone is 11. The fraction of sp³-hybridized carbons (Fsp3) is 0.400. The van der Waals surface area contributed by atoms with E-state index in [1.807, 2.05) is 6.08 Å². The summed E-state index contributed by atoms with van der Waals surface area (Å²) in [7, 11) is 0. The maximum absolute atomic E-state index is 11.4. The predicted molar refractivity (Wildman–Crippen MR) is 119 cm³/mol. The highest BCUT2D eigenvalue weighted by Crippen LogP contribution is 2.01. The summed E-state index contributed by atoms with van der Waals surface area (Å²) < 4.78 is 4.56. The van der Waals surface area contributed by atoms with E-state index in [1.54, 1.807) is 0 Å². The topological polar surface area (TPSA) is 60.4 Å². The van der Waals surface area contributed by atoms with E-state index in [2.05, 4.69) is 66.3 Å². The lowest BCUT2D eigenvalue weighted by Gasteiger charge is -1.98. The van der Waals surface area contributed by atoms with Crippen LogP contribution in [0.3, 0.4) is 0 Å². The quantitative estimate of drug-likeness (QED) is 0.110. The molecule has 0 unspecified atom stereocenters. The molecular formula is C25H34O4. The summed E-state index contributed by atoms with van der Waals surface area (Å²) in [6.07, 6.45) is 29.8. The Kier molecular flexibility index (Phi) is 18.1. The van der Waals surface area contributed by atoms with Gasteiger partial charge in [0.25, 0.3) is 0 Å². The number of carbonyl (C=O) groups is 3. The van der Waals surface area contributed by atoms with Crippen LogP contribution in [-0.2, 0) is 19.1 Å². The summed E-state index contributed by atoms with van der Waals surface area (Å²) in [5.41, 5.74) is 0. The first-order valence-corrected chi connectivity index (χ1v) is 10.2. The van der Waals surface area contributed by atoms with Crippen molar-refractivity contribution in [3.8, 4) is 0 Å². The van der Waals surface area contributed by atoms with Crippen molar-refractivity contribution in [1.82, 2.24) is 0 Å². The molecule has 0 rings (SSSR count). The predicted octanol–water partition coefficient (Wildman–Crippen LogP) is 6.12. The summed E-state index contributed by atoms with van der Waals surface area (Å²) in [5, 5.41) is 0. The minimum atomic E-state index is -0.805. The maximum Gasteiger partial charge on any atom is 0.338 e. The molecule has 0 aliphatic rings. The van der Waals surface area contributed by atoms with Crippen LogP contribution in [0, 0.1) is 0 Å². The summed E-state index contributed by atoms with van der Waals surface area (Å²) in [6, 6.07) is 0. The Morgan fingerprint density at radius 3 is 1.66 bits per heavy atom. The third-order valence-corrected chi connectivity index (χ3v) is 3.58. The van der Waals surface area contributed by atoms with Gasteiger partial charge in [0, 0.05) is 12.5 Å². The molecule has 0 aliphatic heterocycles. The molecule has 0 atom stereocenters. The molecular weight excluding hydrogens is 364 g/mol. The van der Waals surface area contributed by atoms with Crippen molar-refractivity contribution < 1.29 is 19.1 Å². The van der Waals surface area contributed by atoms with Crippen molar-refractivity contribution in [3.05, 3.63) is 72.9 Å². The number of hydrogen-bond acceptors (Lipinski definition) is 4. The van der Waals surface area contributed by atoms with Gasteiger partial charge in [-0.1, -0.05) is 67.7 Å². The molecule has 4 heteroatoms. The van der Waals surface area contributed by atoms with Gasteiger partial charge in [-0.15, -0.1) is 0 Å². The second-order valence-corrected chi connectivity index (χ2v) is 6.34. The van der Waals surface area contributed by atoms with Gasteiger partial charge in [-0.2, -0.15) is 0 Å². The third-order valence-electron chi connectivity index (χ3n) is 3.58. The van der Waals surface area contributed by atoms with Gasteiger partial charge >= 0.3 is 11.9 Å². The zero-order chi connectivity index (χ0) is 21.6. The Morgan fingerprint density at radius 1 is 0.690 bits per heavy atom. The van der Waals surface area contributed by atoms with E-state index in [9.17, 15) is 14.4 Å². The monoisotopic (exact) mass is 398 g/mol. The molecule has 0 saturated carbocycles. The zero-order valence-corrected chi connectivity index (χ0v) is 17.7. The van der Waals surface area contributed by atoms with Crippen LogP contribution < -0.4 is 0 Å². The second-order valence-electron chi connectivity index (χ2n) is 6.34. The van der Waals surface area contributed by atoms with E-state index < -0.39 is 11.9 Å². The summed E-state index contributed by atoms with van der Waals surface area (Å²) >= 11 is 0. The van der Waals surface area contributed by atoms with E-state index in [0.29, 0.717) is 6.42 Å². The number of rotatable bonds is 15. The average molecular weight is 399 g/mol.